The minimum Gasteiger partial charge on any atom is -0.303 e. The lowest BCUT2D eigenvalue weighted by Crippen LogP contribution is -2.26. The Morgan fingerprint density at radius 1 is 1.20 bits per heavy atom. The van der Waals surface area contributed by atoms with Crippen molar-refractivity contribution in [2.24, 2.45) is 11.3 Å². The molecule has 1 heterocycles. The SMILES string of the molecule is CC(C)(C)C1CCN(CCCCCS)C1. The van der Waals surface area contributed by atoms with Gasteiger partial charge in [-0.25, -0.2) is 0 Å². The highest BCUT2D eigenvalue weighted by molar-refractivity contribution is 7.80. The van der Waals surface area contributed by atoms with Crippen LogP contribution in [0.5, 0.6) is 0 Å². The smallest absolute Gasteiger partial charge is 0.00151 e. The molecule has 15 heavy (non-hydrogen) atoms. The first kappa shape index (κ1) is 13.4. The summed E-state index contributed by atoms with van der Waals surface area (Å²) < 4.78 is 0. The van der Waals surface area contributed by atoms with Crippen LogP contribution < -0.4 is 0 Å². The lowest BCUT2D eigenvalue weighted by atomic mass is 9.80. The minimum atomic E-state index is 0.500. The number of rotatable bonds is 5. The van der Waals surface area contributed by atoms with Crippen LogP contribution in [0.25, 0.3) is 0 Å². The van der Waals surface area contributed by atoms with Crippen LogP contribution in [-0.4, -0.2) is 30.3 Å². The molecule has 1 atom stereocenters. The Morgan fingerprint density at radius 2 is 1.93 bits per heavy atom. The van der Waals surface area contributed by atoms with E-state index in [0.29, 0.717) is 5.41 Å². The van der Waals surface area contributed by atoms with Gasteiger partial charge in [-0.15, -0.1) is 0 Å². The standard InChI is InChI=1S/C13H27NS/c1-13(2,3)12-7-9-14(11-12)8-5-4-6-10-15/h12,15H,4-11H2,1-3H3. The molecule has 0 bridgehead atoms. The van der Waals surface area contributed by atoms with Gasteiger partial charge in [0, 0.05) is 6.54 Å². The van der Waals surface area contributed by atoms with Crippen molar-refractivity contribution in [1.29, 1.82) is 0 Å². The summed E-state index contributed by atoms with van der Waals surface area (Å²) in [5.74, 6) is 1.95. The highest BCUT2D eigenvalue weighted by Crippen LogP contribution is 2.33. The molecule has 0 saturated carbocycles. The quantitative estimate of drug-likeness (QED) is 0.558. The number of hydrogen-bond acceptors (Lipinski definition) is 2. The zero-order valence-electron chi connectivity index (χ0n) is 10.6. The molecule has 0 N–H and O–H groups in total. The van der Waals surface area contributed by atoms with Crippen LogP contribution in [-0.2, 0) is 0 Å². The lowest BCUT2D eigenvalue weighted by molar-refractivity contribution is 0.228. The zero-order valence-corrected chi connectivity index (χ0v) is 11.5. The normalized spacial score (nSPS) is 23.6. The van der Waals surface area contributed by atoms with Gasteiger partial charge in [-0.05, 0) is 49.4 Å². The molecule has 0 radical (unpaired) electrons. The molecular formula is C13H27NS. The van der Waals surface area contributed by atoms with Crippen LogP contribution in [0.2, 0.25) is 0 Å². The average Bonchev–Trinajstić information content (AvgIpc) is 2.60. The van der Waals surface area contributed by atoms with E-state index >= 15 is 0 Å². The molecule has 2 heteroatoms. The molecule has 1 aliphatic heterocycles. The predicted octanol–water partition coefficient (Wildman–Crippen LogP) is 3.45. The van der Waals surface area contributed by atoms with E-state index in [2.05, 4.69) is 38.3 Å². The van der Waals surface area contributed by atoms with Crippen molar-refractivity contribution in [2.75, 3.05) is 25.4 Å². The van der Waals surface area contributed by atoms with Crippen molar-refractivity contribution < 1.29 is 0 Å². The van der Waals surface area contributed by atoms with Gasteiger partial charge in [0.1, 0.15) is 0 Å². The molecule has 0 aromatic carbocycles. The number of thiol groups is 1. The monoisotopic (exact) mass is 229 g/mol. The molecule has 0 aromatic heterocycles. The molecule has 1 rings (SSSR count). The molecule has 1 fully saturated rings. The number of hydrogen-bond donors (Lipinski definition) is 1. The predicted molar refractivity (Wildman–Crippen MR) is 71.7 cm³/mol. The van der Waals surface area contributed by atoms with Gasteiger partial charge in [-0.3, -0.25) is 0 Å². The fourth-order valence-electron chi connectivity index (χ4n) is 2.37. The van der Waals surface area contributed by atoms with Gasteiger partial charge in [0.15, 0.2) is 0 Å². The Labute approximate surface area is 101 Å². The van der Waals surface area contributed by atoms with Crippen molar-refractivity contribution >= 4 is 12.6 Å². The number of nitrogens with zero attached hydrogens (tertiary/aromatic N) is 1. The summed E-state index contributed by atoms with van der Waals surface area (Å²) in [7, 11) is 0. The number of unbranched alkanes of at least 4 members (excludes halogenated alkanes) is 2. The minimum absolute atomic E-state index is 0.500. The van der Waals surface area contributed by atoms with Gasteiger partial charge in [0.25, 0.3) is 0 Å². The second kappa shape index (κ2) is 6.15. The molecule has 0 aromatic rings. The Bertz CT molecular complexity index is 174. The molecule has 0 amide bonds. The second-order valence-corrected chi connectivity index (χ2v) is 6.38. The Morgan fingerprint density at radius 3 is 2.47 bits per heavy atom. The molecule has 0 aliphatic carbocycles. The maximum atomic E-state index is 4.24. The van der Waals surface area contributed by atoms with Crippen molar-refractivity contribution in [1.82, 2.24) is 4.90 Å². The van der Waals surface area contributed by atoms with E-state index in [-0.39, 0.29) is 0 Å². The summed E-state index contributed by atoms with van der Waals surface area (Å²) in [6.45, 7) is 11.1. The van der Waals surface area contributed by atoms with E-state index in [9.17, 15) is 0 Å². The van der Waals surface area contributed by atoms with Crippen LogP contribution >= 0.6 is 12.6 Å². The molecule has 0 spiro atoms. The first-order valence-electron chi connectivity index (χ1n) is 6.37. The lowest BCUT2D eigenvalue weighted by Gasteiger charge is -2.27. The fraction of sp³-hybridized carbons (Fsp3) is 1.00. The molecule has 1 nitrogen and oxygen atoms in total. The van der Waals surface area contributed by atoms with Crippen LogP contribution in [0.1, 0.15) is 46.5 Å². The van der Waals surface area contributed by atoms with Gasteiger partial charge in [-0.1, -0.05) is 27.2 Å². The van der Waals surface area contributed by atoms with Gasteiger partial charge in [0.05, 0.1) is 0 Å². The fourth-order valence-corrected chi connectivity index (χ4v) is 2.59. The topological polar surface area (TPSA) is 3.24 Å². The van der Waals surface area contributed by atoms with E-state index in [4.69, 9.17) is 0 Å². The van der Waals surface area contributed by atoms with Crippen LogP contribution in [0.4, 0.5) is 0 Å². The summed E-state index contributed by atoms with van der Waals surface area (Å²) in [5, 5.41) is 0. The third-order valence-electron chi connectivity index (χ3n) is 3.63. The Hall–Kier alpha value is 0.310. The van der Waals surface area contributed by atoms with E-state index in [1.807, 2.05) is 0 Å². The van der Waals surface area contributed by atoms with Gasteiger partial charge in [-0.2, -0.15) is 12.6 Å². The summed E-state index contributed by atoms with van der Waals surface area (Å²) in [5.41, 5.74) is 0.500. The van der Waals surface area contributed by atoms with E-state index in [0.717, 1.165) is 11.7 Å². The third-order valence-corrected chi connectivity index (χ3v) is 3.95. The molecule has 1 aliphatic rings. The third kappa shape index (κ3) is 4.78. The maximum absolute atomic E-state index is 4.24. The van der Waals surface area contributed by atoms with Crippen LogP contribution in [0, 0.1) is 11.3 Å². The van der Waals surface area contributed by atoms with Crippen molar-refractivity contribution in [3.05, 3.63) is 0 Å². The summed E-state index contributed by atoms with van der Waals surface area (Å²) >= 11 is 4.24. The van der Waals surface area contributed by atoms with Gasteiger partial charge in [0.2, 0.25) is 0 Å². The van der Waals surface area contributed by atoms with E-state index in [1.54, 1.807) is 0 Å². The van der Waals surface area contributed by atoms with E-state index < -0.39 is 0 Å². The first-order valence-corrected chi connectivity index (χ1v) is 7.00. The molecule has 1 saturated heterocycles. The first-order chi connectivity index (χ1) is 7.04. The highest BCUT2D eigenvalue weighted by Gasteiger charge is 2.31. The second-order valence-electron chi connectivity index (χ2n) is 5.94. The molecule has 90 valence electrons. The molecular weight excluding hydrogens is 202 g/mol. The zero-order chi connectivity index (χ0) is 11.3. The average molecular weight is 229 g/mol. The van der Waals surface area contributed by atoms with Crippen molar-refractivity contribution in [3.8, 4) is 0 Å². The van der Waals surface area contributed by atoms with Gasteiger partial charge < -0.3 is 4.90 Å². The van der Waals surface area contributed by atoms with E-state index in [1.165, 1.54) is 45.3 Å². The Balaban J connectivity index is 2.14. The van der Waals surface area contributed by atoms with Crippen LogP contribution in [0.15, 0.2) is 0 Å². The summed E-state index contributed by atoms with van der Waals surface area (Å²) in [4.78, 5) is 2.65. The summed E-state index contributed by atoms with van der Waals surface area (Å²) in [6, 6.07) is 0. The van der Waals surface area contributed by atoms with Gasteiger partial charge >= 0.3 is 0 Å². The van der Waals surface area contributed by atoms with Crippen molar-refractivity contribution in [2.45, 2.75) is 46.5 Å². The largest absolute Gasteiger partial charge is 0.303 e. The number of likely N-dealkylation sites (tertiary alicyclic amines) is 1. The van der Waals surface area contributed by atoms with Crippen molar-refractivity contribution in [3.63, 3.8) is 0 Å². The highest BCUT2D eigenvalue weighted by atomic mass is 32.1. The Kier molecular flexibility index (Phi) is 5.48. The molecule has 1 unspecified atom stereocenters. The van der Waals surface area contributed by atoms with Crippen LogP contribution in [0.3, 0.4) is 0 Å². The summed E-state index contributed by atoms with van der Waals surface area (Å²) in [6.07, 6.45) is 5.38. The maximum Gasteiger partial charge on any atom is 0.00151 e.